The Morgan fingerprint density at radius 1 is 1.12 bits per heavy atom. The second kappa shape index (κ2) is 4.57. The van der Waals surface area contributed by atoms with Crippen molar-refractivity contribution in [3.8, 4) is 0 Å². The van der Waals surface area contributed by atoms with Gasteiger partial charge in [0.1, 0.15) is 0 Å². The minimum atomic E-state index is -0.925. The van der Waals surface area contributed by atoms with Crippen LogP contribution in [-0.4, -0.2) is 22.2 Å². The maximum absolute atomic E-state index is 10.7. The number of rotatable bonds is 4. The summed E-state index contributed by atoms with van der Waals surface area (Å²) in [5.41, 5.74) is 1.36. The van der Waals surface area contributed by atoms with Gasteiger partial charge in [-0.25, -0.2) is 4.79 Å². The monoisotopic (exact) mass is 234 g/mol. The largest absolute Gasteiger partial charge is 0.481 e. The molecule has 0 atom stereocenters. The molecule has 1 saturated carbocycles. The van der Waals surface area contributed by atoms with Crippen molar-refractivity contribution < 1.29 is 19.8 Å². The molecule has 0 spiro atoms. The average molecular weight is 234 g/mol. The summed E-state index contributed by atoms with van der Waals surface area (Å²) in [5, 5.41) is 17.5. The zero-order valence-corrected chi connectivity index (χ0v) is 9.30. The number of carbonyl (C=O) groups is 2. The van der Waals surface area contributed by atoms with Crippen LogP contribution in [0.15, 0.2) is 24.3 Å². The van der Waals surface area contributed by atoms with Crippen LogP contribution in [0, 0.1) is 11.8 Å². The summed E-state index contributed by atoms with van der Waals surface area (Å²) < 4.78 is 0. The molecule has 0 aromatic heterocycles. The molecule has 0 heterocycles. The predicted molar refractivity (Wildman–Crippen MR) is 61.0 cm³/mol. The first-order valence-electron chi connectivity index (χ1n) is 5.61. The van der Waals surface area contributed by atoms with Crippen LogP contribution < -0.4 is 0 Å². The summed E-state index contributed by atoms with van der Waals surface area (Å²) in [6.45, 7) is 0. The Balaban J connectivity index is 1.88. The van der Waals surface area contributed by atoms with Crippen LogP contribution in [0.25, 0.3) is 0 Å². The van der Waals surface area contributed by atoms with Crippen LogP contribution in [0.4, 0.5) is 0 Å². The molecular formula is C13H14O4. The van der Waals surface area contributed by atoms with E-state index in [9.17, 15) is 9.59 Å². The number of aromatic carboxylic acids is 1. The van der Waals surface area contributed by atoms with Gasteiger partial charge in [-0.05, 0) is 42.9 Å². The van der Waals surface area contributed by atoms with Crippen molar-refractivity contribution >= 4 is 11.9 Å². The molecule has 17 heavy (non-hydrogen) atoms. The number of benzene rings is 1. The fourth-order valence-corrected chi connectivity index (χ4v) is 2.22. The number of hydrogen-bond donors (Lipinski definition) is 2. The van der Waals surface area contributed by atoms with E-state index in [0.717, 1.165) is 24.8 Å². The fourth-order valence-electron chi connectivity index (χ4n) is 2.22. The predicted octanol–water partition coefficient (Wildman–Crippen LogP) is 2.04. The molecule has 1 fully saturated rings. The minimum absolute atomic E-state index is 0.182. The molecule has 0 bridgehead atoms. The second-order valence-electron chi connectivity index (χ2n) is 4.58. The van der Waals surface area contributed by atoms with Gasteiger partial charge in [0.15, 0.2) is 0 Å². The van der Waals surface area contributed by atoms with Crippen LogP contribution in [-0.2, 0) is 11.2 Å². The SMILES string of the molecule is O=C(O)c1ccc(CC2CC(C(=O)O)C2)cc1. The zero-order valence-electron chi connectivity index (χ0n) is 9.30. The number of aliphatic carboxylic acids is 1. The molecule has 2 rings (SSSR count). The molecule has 0 amide bonds. The molecule has 0 aliphatic heterocycles. The van der Waals surface area contributed by atoms with Crippen molar-refractivity contribution in [2.45, 2.75) is 19.3 Å². The smallest absolute Gasteiger partial charge is 0.335 e. The van der Waals surface area contributed by atoms with Crippen LogP contribution >= 0.6 is 0 Å². The van der Waals surface area contributed by atoms with Gasteiger partial charge in [0.25, 0.3) is 0 Å². The van der Waals surface area contributed by atoms with E-state index in [0.29, 0.717) is 5.92 Å². The molecule has 4 heteroatoms. The Morgan fingerprint density at radius 3 is 2.18 bits per heavy atom. The number of carboxylic acids is 2. The molecule has 1 aromatic carbocycles. The van der Waals surface area contributed by atoms with E-state index in [2.05, 4.69) is 0 Å². The highest BCUT2D eigenvalue weighted by molar-refractivity contribution is 5.87. The summed E-state index contributed by atoms with van der Waals surface area (Å²) in [6.07, 6.45) is 2.30. The molecule has 0 unspecified atom stereocenters. The van der Waals surface area contributed by atoms with E-state index in [1.807, 2.05) is 0 Å². The highest BCUT2D eigenvalue weighted by atomic mass is 16.4. The molecule has 0 radical (unpaired) electrons. The molecular weight excluding hydrogens is 220 g/mol. The molecule has 90 valence electrons. The maximum atomic E-state index is 10.7. The Labute approximate surface area is 98.9 Å². The van der Waals surface area contributed by atoms with Gasteiger partial charge < -0.3 is 10.2 Å². The van der Waals surface area contributed by atoms with E-state index in [1.165, 1.54) is 0 Å². The lowest BCUT2D eigenvalue weighted by atomic mass is 9.72. The lowest BCUT2D eigenvalue weighted by Crippen LogP contribution is -2.31. The van der Waals surface area contributed by atoms with E-state index in [4.69, 9.17) is 10.2 Å². The molecule has 0 saturated heterocycles. The first-order chi connectivity index (χ1) is 8.06. The molecule has 1 aliphatic rings. The quantitative estimate of drug-likeness (QED) is 0.836. The number of hydrogen-bond acceptors (Lipinski definition) is 2. The highest BCUT2D eigenvalue weighted by Gasteiger charge is 2.34. The number of carboxylic acid groups (broad SMARTS) is 2. The third kappa shape index (κ3) is 2.64. The van der Waals surface area contributed by atoms with Crippen molar-refractivity contribution in [1.82, 2.24) is 0 Å². The summed E-state index contributed by atoms with van der Waals surface area (Å²) >= 11 is 0. The van der Waals surface area contributed by atoms with Crippen LogP contribution in [0.2, 0.25) is 0 Å². The van der Waals surface area contributed by atoms with Gasteiger partial charge in [0.2, 0.25) is 0 Å². The molecule has 1 aliphatic carbocycles. The Hall–Kier alpha value is -1.84. The first kappa shape index (κ1) is 11.6. The van der Waals surface area contributed by atoms with Crippen LogP contribution in [0.1, 0.15) is 28.8 Å². The first-order valence-corrected chi connectivity index (χ1v) is 5.61. The van der Waals surface area contributed by atoms with Gasteiger partial charge in [-0.15, -0.1) is 0 Å². The minimum Gasteiger partial charge on any atom is -0.481 e. The Bertz CT molecular complexity index is 429. The van der Waals surface area contributed by atoms with E-state index >= 15 is 0 Å². The zero-order chi connectivity index (χ0) is 12.4. The molecule has 2 N–H and O–H groups in total. The third-order valence-electron chi connectivity index (χ3n) is 3.31. The molecule has 1 aromatic rings. The summed E-state index contributed by atoms with van der Waals surface area (Å²) in [5.74, 6) is -1.39. The lowest BCUT2D eigenvalue weighted by molar-refractivity contribution is -0.146. The van der Waals surface area contributed by atoms with Crippen molar-refractivity contribution in [1.29, 1.82) is 0 Å². The van der Waals surface area contributed by atoms with Gasteiger partial charge in [-0.3, -0.25) is 4.79 Å². The summed E-state index contributed by atoms with van der Waals surface area (Å²) in [6, 6.07) is 6.78. The third-order valence-corrected chi connectivity index (χ3v) is 3.31. The summed E-state index contributed by atoms with van der Waals surface area (Å²) in [4.78, 5) is 21.3. The normalized spacial score (nSPS) is 22.8. The van der Waals surface area contributed by atoms with Crippen molar-refractivity contribution in [3.05, 3.63) is 35.4 Å². The van der Waals surface area contributed by atoms with Gasteiger partial charge >= 0.3 is 11.9 Å². The standard InChI is InChI=1S/C13H14O4/c14-12(15)10-3-1-8(2-4-10)5-9-6-11(7-9)13(16)17/h1-4,9,11H,5-7H2,(H,14,15)(H,16,17). The van der Waals surface area contributed by atoms with Gasteiger partial charge in [0, 0.05) is 0 Å². The van der Waals surface area contributed by atoms with Crippen LogP contribution in [0.5, 0.6) is 0 Å². The van der Waals surface area contributed by atoms with E-state index < -0.39 is 11.9 Å². The fraction of sp³-hybridized carbons (Fsp3) is 0.385. The lowest BCUT2D eigenvalue weighted by Gasteiger charge is -2.32. The van der Waals surface area contributed by atoms with Gasteiger partial charge in [-0.2, -0.15) is 0 Å². The van der Waals surface area contributed by atoms with Gasteiger partial charge in [0.05, 0.1) is 11.5 Å². The summed E-state index contributed by atoms with van der Waals surface area (Å²) in [7, 11) is 0. The Kier molecular flexibility index (Phi) is 3.13. The van der Waals surface area contributed by atoms with Crippen molar-refractivity contribution in [2.75, 3.05) is 0 Å². The Morgan fingerprint density at radius 2 is 1.71 bits per heavy atom. The molecule has 4 nitrogen and oxygen atoms in total. The second-order valence-corrected chi connectivity index (χ2v) is 4.58. The van der Waals surface area contributed by atoms with Crippen molar-refractivity contribution in [2.24, 2.45) is 11.8 Å². The highest BCUT2D eigenvalue weighted by Crippen LogP contribution is 2.36. The topological polar surface area (TPSA) is 74.6 Å². The van der Waals surface area contributed by atoms with E-state index in [-0.39, 0.29) is 11.5 Å². The van der Waals surface area contributed by atoms with Crippen molar-refractivity contribution in [3.63, 3.8) is 0 Å². The maximum Gasteiger partial charge on any atom is 0.335 e. The van der Waals surface area contributed by atoms with E-state index in [1.54, 1.807) is 24.3 Å². The average Bonchev–Trinajstić information content (AvgIpc) is 2.23. The van der Waals surface area contributed by atoms with Crippen LogP contribution in [0.3, 0.4) is 0 Å². The van der Waals surface area contributed by atoms with Gasteiger partial charge in [-0.1, -0.05) is 12.1 Å².